The van der Waals surface area contributed by atoms with E-state index in [2.05, 4.69) is 4.98 Å². The van der Waals surface area contributed by atoms with Crippen LogP contribution in [-0.2, 0) is 24.2 Å². The number of nitrogen functional groups attached to an aromatic ring is 2. The number of benzene rings is 1. The SMILES string of the molecule is Cc1cc(Cl)cnc1CCCC(=O)N1CCc2c(Cl)c(N)c(N)c(Cl)c2C1. The summed E-state index contributed by atoms with van der Waals surface area (Å²) in [6.45, 7) is 2.96. The molecule has 1 aliphatic heterocycles. The number of nitrogens with two attached hydrogens (primary N) is 2. The van der Waals surface area contributed by atoms with Crippen LogP contribution in [-0.4, -0.2) is 22.3 Å². The number of fused-ring (bicyclic) bond motifs is 1. The third-order valence-corrected chi connectivity index (χ3v) is 6.02. The zero-order valence-corrected chi connectivity index (χ0v) is 17.3. The van der Waals surface area contributed by atoms with E-state index in [9.17, 15) is 4.79 Å². The van der Waals surface area contributed by atoms with Crippen LogP contribution >= 0.6 is 34.8 Å². The van der Waals surface area contributed by atoms with Gasteiger partial charge < -0.3 is 16.4 Å². The molecule has 27 heavy (non-hydrogen) atoms. The van der Waals surface area contributed by atoms with Crippen LogP contribution in [0, 0.1) is 6.92 Å². The highest BCUT2D eigenvalue weighted by molar-refractivity contribution is 6.39. The molecule has 0 bridgehead atoms. The molecule has 8 heteroatoms. The third kappa shape index (κ3) is 4.10. The molecule has 2 aromatic rings. The molecule has 0 saturated carbocycles. The first-order valence-corrected chi connectivity index (χ1v) is 9.85. The molecule has 1 aliphatic rings. The van der Waals surface area contributed by atoms with Crippen LogP contribution in [0.15, 0.2) is 12.3 Å². The van der Waals surface area contributed by atoms with Crippen LogP contribution in [0.5, 0.6) is 0 Å². The Morgan fingerprint density at radius 1 is 1.19 bits per heavy atom. The van der Waals surface area contributed by atoms with Crippen molar-refractivity contribution in [2.24, 2.45) is 0 Å². The van der Waals surface area contributed by atoms with Crippen molar-refractivity contribution in [3.8, 4) is 0 Å². The van der Waals surface area contributed by atoms with Gasteiger partial charge in [0.25, 0.3) is 0 Å². The van der Waals surface area contributed by atoms with Gasteiger partial charge >= 0.3 is 0 Å². The minimum Gasteiger partial charge on any atom is -0.396 e. The summed E-state index contributed by atoms with van der Waals surface area (Å²) in [7, 11) is 0. The number of hydrogen-bond acceptors (Lipinski definition) is 4. The van der Waals surface area contributed by atoms with Gasteiger partial charge in [0.1, 0.15) is 0 Å². The highest BCUT2D eigenvalue weighted by Gasteiger charge is 2.27. The second kappa shape index (κ2) is 8.13. The Bertz CT molecular complexity index is 901. The number of amides is 1. The van der Waals surface area contributed by atoms with E-state index in [1.54, 1.807) is 11.1 Å². The van der Waals surface area contributed by atoms with Crippen LogP contribution in [0.4, 0.5) is 11.4 Å². The Labute approximate surface area is 173 Å². The zero-order chi connectivity index (χ0) is 19.7. The van der Waals surface area contributed by atoms with Gasteiger partial charge in [0.15, 0.2) is 0 Å². The lowest BCUT2D eigenvalue weighted by atomic mass is 9.97. The van der Waals surface area contributed by atoms with Crippen LogP contribution in [0.1, 0.15) is 35.2 Å². The monoisotopic (exact) mass is 426 g/mol. The van der Waals surface area contributed by atoms with Crippen molar-refractivity contribution in [1.29, 1.82) is 0 Å². The zero-order valence-electron chi connectivity index (χ0n) is 15.0. The number of aromatic nitrogens is 1. The van der Waals surface area contributed by atoms with Gasteiger partial charge in [-0.15, -0.1) is 0 Å². The summed E-state index contributed by atoms with van der Waals surface area (Å²) in [6.07, 6.45) is 4.14. The van der Waals surface area contributed by atoms with E-state index in [0.717, 1.165) is 35.2 Å². The van der Waals surface area contributed by atoms with E-state index in [1.165, 1.54) is 0 Å². The maximum atomic E-state index is 12.6. The van der Waals surface area contributed by atoms with Crippen molar-refractivity contribution in [2.45, 2.75) is 39.2 Å². The number of carbonyl (C=O) groups excluding carboxylic acids is 1. The highest BCUT2D eigenvalue weighted by atomic mass is 35.5. The summed E-state index contributed by atoms with van der Waals surface area (Å²) in [4.78, 5) is 18.8. The van der Waals surface area contributed by atoms with E-state index in [1.807, 2.05) is 13.0 Å². The van der Waals surface area contributed by atoms with Crippen LogP contribution in [0.25, 0.3) is 0 Å². The summed E-state index contributed by atoms with van der Waals surface area (Å²) in [6, 6.07) is 1.88. The van der Waals surface area contributed by atoms with Crippen molar-refractivity contribution in [2.75, 3.05) is 18.0 Å². The number of nitrogens with zero attached hydrogens (tertiary/aromatic N) is 2. The van der Waals surface area contributed by atoms with Gasteiger partial charge in [-0.25, -0.2) is 0 Å². The fourth-order valence-corrected chi connectivity index (χ4v) is 4.18. The summed E-state index contributed by atoms with van der Waals surface area (Å²) >= 11 is 18.6. The first-order chi connectivity index (χ1) is 12.8. The molecule has 0 aliphatic carbocycles. The maximum absolute atomic E-state index is 12.6. The first-order valence-electron chi connectivity index (χ1n) is 8.72. The molecule has 0 unspecified atom stereocenters. The van der Waals surface area contributed by atoms with Crippen molar-refractivity contribution in [1.82, 2.24) is 9.88 Å². The number of anilines is 2. The van der Waals surface area contributed by atoms with Crippen molar-refractivity contribution in [3.63, 3.8) is 0 Å². The molecule has 5 nitrogen and oxygen atoms in total. The molecule has 0 saturated heterocycles. The summed E-state index contributed by atoms with van der Waals surface area (Å²) < 4.78 is 0. The van der Waals surface area contributed by atoms with Gasteiger partial charge in [0, 0.05) is 31.4 Å². The number of hydrogen-bond donors (Lipinski definition) is 2. The average Bonchev–Trinajstić information content (AvgIpc) is 2.65. The normalized spacial score (nSPS) is 13.6. The van der Waals surface area contributed by atoms with E-state index >= 15 is 0 Å². The first kappa shape index (κ1) is 20.1. The fourth-order valence-electron chi connectivity index (χ4n) is 3.38. The molecule has 0 atom stereocenters. The topological polar surface area (TPSA) is 85.2 Å². The number of aryl methyl sites for hydroxylation is 2. The van der Waals surface area contributed by atoms with Crippen molar-refractivity contribution < 1.29 is 4.79 Å². The lowest BCUT2D eigenvalue weighted by Crippen LogP contribution is -2.36. The lowest BCUT2D eigenvalue weighted by Gasteiger charge is -2.31. The van der Waals surface area contributed by atoms with Gasteiger partial charge in [-0.1, -0.05) is 34.8 Å². The van der Waals surface area contributed by atoms with E-state index in [0.29, 0.717) is 46.7 Å². The molecular formula is C19H21Cl3N4O. The van der Waals surface area contributed by atoms with Crippen molar-refractivity contribution >= 4 is 52.1 Å². The van der Waals surface area contributed by atoms with Gasteiger partial charge in [-0.05, 0) is 48.9 Å². The molecule has 1 aromatic heterocycles. The average molecular weight is 428 g/mol. The second-order valence-corrected chi connectivity index (χ2v) is 7.94. The summed E-state index contributed by atoms with van der Waals surface area (Å²) in [5.41, 5.74) is 16.1. The van der Waals surface area contributed by atoms with Gasteiger partial charge in [0.2, 0.25) is 5.91 Å². The van der Waals surface area contributed by atoms with E-state index in [-0.39, 0.29) is 11.6 Å². The Morgan fingerprint density at radius 2 is 1.85 bits per heavy atom. The Balaban J connectivity index is 1.64. The molecule has 0 radical (unpaired) electrons. The number of carbonyl (C=O) groups is 1. The predicted molar refractivity (Wildman–Crippen MR) is 111 cm³/mol. The van der Waals surface area contributed by atoms with Gasteiger partial charge in [-0.2, -0.15) is 0 Å². The second-order valence-electron chi connectivity index (χ2n) is 6.75. The van der Waals surface area contributed by atoms with E-state index in [4.69, 9.17) is 46.3 Å². The molecule has 144 valence electrons. The molecule has 3 rings (SSSR count). The van der Waals surface area contributed by atoms with Crippen LogP contribution in [0.3, 0.4) is 0 Å². The molecule has 0 fully saturated rings. The van der Waals surface area contributed by atoms with Gasteiger partial charge in [-0.3, -0.25) is 9.78 Å². The summed E-state index contributed by atoms with van der Waals surface area (Å²) in [5, 5.41) is 1.46. The van der Waals surface area contributed by atoms with Crippen LogP contribution in [0.2, 0.25) is 15.1 Å². The Hall–Kier alpha value is -1.69. The smallest absolute Gasteiger partial charge is 0.222 e. The highest BCUT2D eigenvalue weighted by Crippen LogP contribution is 2.41. The number of pyridine rings is 1. The Morgan fingerprint density at radius 3 is 2.52 bits per heavy atom. The maximum Gasteiger partial charge on any atom is 0.222 e. The Kier molecular flexibility index (Phi) is 6.04. The number of halogens is 3. The predicted octanol–water partition coefficient (Wildman–Crippen LogP) is 4.42. The van der Waals surface area contributed by atoms with Gasteiger partial charge in [0.05, 0.1) is 26.4 Å². The summed E-state index contributed by atoms with van der Waals surface area (Å²) in [5.74, 6) is 0.0786. The molecule has 0 spiro atoms. The van der Waals surface area contributed by atoms with E-state index < -0.39 is 0 Å². The molecule has 1 amide bonds. The standard InChI is InChI=1S/C19H21Cl3N4O/c1-10-7-11(20)8-25-14(10)3-2-4-15(27)26-6-5-12-13(9-26)17(22)19(24)18(23)16(12)21/h7-8H,2-6,9,23-24H2,1H3. The molecule has 4 N–H and O–H groups in total. The van der Waals surface area contributed by atoms with Crippen LogP contribution < -0.4 is 11.5 Å². The molecule has 1 aromatic carbocycles. The quantitative estimate of drug-likeness (QED) is 0.707. The van der Waals surface area contributed by atoms with Crippen molar-refractivity contribution in [3.05, 3.63) is 49.7 Å². The number of rotatable bonds is 4. The largest absolute Gasteiger partial charge is 0.396 e. The minimum absolute atomic E-state index is 0.0786. The lowest BCUT2D eigenvalue weighted by molar-refractivity contribution is -0.132. The molecular weight excluding hydrogens is 407 g/mol. The third-order valence-electron chi connectivity index (χ3n) is 4.95. The minimum atomic E-state index is 0.0786. The molecule has 2 heterocycles. The fraction of sp³-hybridized carbons (Fsp3) is 0.368.